The zero-order valence-corrected chi connectivity index (χ0v) is 12.4. The summed E-state index contributed by atoms with van der Waals surface area (Å²) in [6, 6.07) is 6.34. The second kappa shape index (κ2) is 6.72. The van der Waals surface area contributed by atoms with Gasteiger partial charge in [0, 0.05) is 25.3 Å². The monoisotopic (exact) mass is 291 g/mol. The van der Waals surface area contributed by atoms with Gasteiger partial charge in [0.25, 0.3) is 5.91 Å². The summed E-state index contributed by atoms with van der Waals surface area (Å²) in [5.41, 5.74) is 0.546. The van der Waals surface area contributed by atoms with Gasteiger partial charge in [-0.25, -0.2) is 4.79 Å². The number of carbonyl (C=O) groups excluding carboxylic acids is 1. The lowest BCUT2D eigenvalue weighted by Crippen LogP contribution is -2.42. The standard InChI is InChI=1S/C16H21NO4/c1-11(12-6-7-12)17(8-9-21-2)15(18)13-4-3-5-14(10-13)16(19)20/h3-5,10-12H,6-9H2,1-2H3,(H,19,20). The lowest BCUT2D eigenvalue weighted by molar-refractivity contribution is 0.0594. The quantitative estimate of drug-likeness (QED) is 0.837. The normalized spacial score (nSPS) is 15.5. The lowest BCUT2D eigenvalue weighted by atomic mass is 10.1. The molecule has 0 aromatic heterocycles. The highest BCUT2D eigenvalue weighted by molar-refractivity contribution is 5.97. The maximum atomic E-state index is 12.7. The van der Waals surface area contributed by atoms with Crippen molar-refractivity contribution < 1.29 is 19.4 Å². The van der Waals surface area contributed by atoms with Gasteiger partial charge in [-0.05, 0) is 43.9 Å². The summed E-state index contributed by atoms with van der Waals surface area (Å²) in [6.07, 6.45) is 2.29. The van der Waals surface area contributed by atoms with Gasteiger partial charge < -0.3 is 14.7 Å². The maximum Gasteiger partial charge on any atom is 0.335 e. The second-order valence-corrected chi connectivity index (χ2v) is 5.46. The van der Waals surface area contributed by atoms with Gasteiger partial charge in [-0.1, -0.05) is 6.07 Å². The molecule has 1 aliphatic carbocycles. The summed E-state index contributed by atoms with van der Waals surface area (Å²) in [4.78, 5) is 25.5. The van der Waals surface area contributed by atoms with Crippen LogP contribution >= 0.6 is 0 Å². The molecule has 2 rings (SSSR count). The minimum atomic E-state index is -1.02. The Balaban J connectivity index is 2.19. The number of carboxylic acid groups (broad SMARTS) is 1. The van der Waals surface area contributed by atoms with Crippen LogP contribution < -0.4 is 0 Å². The van der Waals surface area contributed by atoms with E-state index in [1.165, 1.54) is 12.1 Å². The predicted molar refractivity (Wildman–Crippen MR) is 78.5 cm³/mol. The summed E-state index contributed by atoms with van der Waals surface area (Å²) >= 11 is 0. The molecule has 0 heterocycles. The van der Waals surface area contributed by atoms with Crippen LogP contribution in [0.2, 0.25) is 0 Å². The second-order valence-electron chi connectivity index (χ2n) is 5.46. The summed E-state index contributed by atoms with van der Waals surface area (Å²) < 4.78 is 5.08. The molecule has 1 aliphatic rings. The molecule has 0 aliphatic heterocycles. The number of benzene rings is 1. The molecule has 0 bridgehead atoms. The van der Waals surface area contributed by atoms with E-state index in [1.54, 1.807) is 24.1 Å². The first-order chi connectivity index (χ1) is 10.0. The van der Waals surface area contributed by atoms with Crippen LogP contribution in [0.4, 0.5) is 0 Å². The summed E-state index contributed by atoms with van der Waals surface area (Å²) in [5, 5.41) is 9.03. The number of amides is 1. The van der Waals surface area contributed by atoms with E-state index in [4.69, 9.17) is 9.84 Å². The molecule has 0 radical (unpaired) electrons. The number of ether oxygens (including phenoxy) is 1. The SMILES string of the molecule is COCCN(C(=O)c1cccc(C(=O)O)c1)C(C)C1CC1. The minimum absolute atomic E-state index is 0.130. The molecule has 114 valence electrons. The predicted octanol–water partition coefficient (Wildman–Crippen LogP) is 2.27. The third kappa shape index (κ3) is 3.82. The molecule has 1 saturated carbocycles. The molecule has 1 aromatic rings. The molecular weight excluding hydrogens is 270 g/mol. The van der Waals surface area contributed by atoms with Crippen molar-refractivity contribution in [3.05, 3.63) is 35.4 Å². The Labute approximate surface area is 124 Å². The van der Waals surface area contributed by atoms with E-state index in [0.717, 1.165) is 12.8 Å². The number of carboxylic acids is 1. The van der Waals surface area contributed by atoms with Crippen LogP contribution in [0.25, 0.3) is 0 Å². The fourth-order valence-corrected chi connectivity index (χ4v) is 2.46. The Kier molecular flexibility index (Phi) is 4.96. The van der Waals surface area contributed by atoms with E-state index in [2.05, 4.69) is 0 Å². The molecule has 0 spiro atoms. The first kappa shape index (κ1) is 15.5. The van der Waals surface area contributed by atoms with Gasteiger partial charge in [-0.15, -0.1) is 0 Å². The highest BCUT2D eigenvalue weighted by Gasteiger charge is 2.34. The molecule has 1 aromatic carbocycles. The summed E-state index contributed by atoms with van der Waals surface area (Å²) in [6.45, 7) is 3.04. The van der Waals surface area contributed by atoms with Crippen molar-refractivity contribution in [3.63, 3.8) is 0 Å². The van der Waals surface area contributed by atoms with Crippen LogP contribution in [-0.2, 0) is 4.74 Å². The van der Waals surface area contributed by atoms with Gasteiger partial charge in [-0.2, -0.15) is 0 Å². The average Bonchev–Trinajstić information content (AvgIpc) is 3.32. The first-order valence-electron chi connectivity index (χ1n) is 7.18. The van der Waals surface area contributed by atoms with Gasteiger partial charge in [0.1, 0.15) is 0 Å². The Hall–Kier alpha value is -1.88. The van der Waals surface area contributed by atoms with Gasteiger partial charge in [0.2, 0.25) is 0 Å². The van der Waals surface area contributed by atoms with Crippen molar-refractivity contribution in [2.75, 3.05) is 20.3 Å². The van der Waals surface area contributed by atoms with E-state index in [-0.39, 0.29) is 17.5 Å². The lowest BCUT2D eigenvalue weighted by Gasteiger charge is -2.29. The molecule has 1 N–H and O–H groups in total. The highest BCUT2D eigenvalue weighted by Crippen LogP contribution is 2.35. The number of methoxy groups -OCH3 is 1. The van der Waals surface area contributed by atoms with Crippen molar-refractivity contribution in [1.29, 1.82) is 0 Å². The molecule has 5 nitrogen and oxygen atoms in total. The zero-order valence-electron chi connectivity index (χ0n) is 12.4. The molecular formula is C16H21NO4. The molecule has 1 unspecified atom stereocenters. The molecule has 1 amide bonds. The number of hydrogen-bond donors (Lipinski definition) is 1. The van der Waals surface area contributed by atoms with Gasteiger partial charge in [0.05, 0.1) is 12.2 Å². The third-order valence-electron chi connectivity index (χ3n) is 3.95. The highest BCUT2D eigenvalue weighted by atomic mass is 16.5. The van der Waals surface area contributed by atoms with Gasteiger partial charge in [0.15, 0.2) is 0 Å². The van der Waals surface area contributed by atoms with Crippen LogP contribution in [-0.4, -0.2) is 48.2 Å². The van der Waals surface area contributed by atoms with Crippen LogP contribution in [0.3, 0.4) is 0 Å². The van der Waals surface area contributed by atoms with E-state index in [0.29, 0.717) is 24.6 Å². The van der Waals surface area contributed by atoms with Crippen LogP contribution in [0, 0.1) is 5.92 Å². The van der Waals surface area contributed by atoms with Crippen LogP contribution in [0.5, 0.6) is 0 Å². The number of rotatable bonds is 7. The van der Waals surface area contributed by atoms with Crippen molar-refractivity contribution >= 4 is 11.9 Å². The van der Waals surface area contributed by atoms with Crippen molar-refractivity contribution in [2.24, 2.45) is 5.92 Å². The average molecular weight is 291 g/mol. The largest absolute Gasteiger partial charge is 0.478 e. The Bertz CT molecular complexity index is 525. The minimum Gasteiger partial charge on any atom is -0.478 e. The Morgan fingerprint density at radius 1 is 1.38 bits per heavy atom. The van der Waals surface area contributed by atoms with Crippen molar-refractivity contribution in [2.45, 2.75) is 25.8 Å². The van der Waals surface area contributed by atoms with Gasteiger partial charge >= 0.3 is 5.97 Å². The summed E-state index contributed by atoms with van der Waals surface area (Å²) in [5.74, 6) is -0.605. The number of aromatic carboxylic acids is 1. The zero-order chi connectivity index (χ0) is 15.4. The number of hydrogen-bond acceptors (Lipinski definition) is 3. The molecule has 21 heavy (non-hydrogen) atoms. The maximum absolute atomic E-state index is 12.7. The Morgan fingerprint density at radius 2 is 2.05 bits per heavy atom. The number of nitrogens with zero attached hydrogens (tertiary/aromatic N) is 1. The summed E-state index contributed by atoms with van der Waals surface area (Å²) in [7, 11) is 1.61. The molecule has 1 fully saturated rings. The van der Waals surface area contributed by atoms with E-state index >= 15 is 0 Å². The van der Waals surface area contributed by atoms with E-state index in [1.807, 2.05) is 6.92 Å². The molecule has 1 atom stereocenters. The first-order valence-corrected chi connectivity index (χ1v) is 7.18. The molecule has 0 saturated heterocycles. The van der Waals surface area contributed by atoms with Crippen LogP contribution in [0.1, 0.15) is 40.5 Å². The fraction of sp³-hybridized carbons (Fsp3) is 0.500. The smallest absolute Gasteiger partial charge is 0.335 e. The van der Waals surface area contributed by atoms with E-state index < -0.39 is 5.97 Å². The third-order valence-corrected chi connectivity index (χ3v) is 3.95. The number of carbonyl (C=O) groups is 2. The van der Waals surface area contributed by atoms with Gasteiger partial charge in [-0.3, -0.25) is 4.79 Å². The fourth-order valence-electron chi connectivity index (χ4n) is 2.46. The van der Waals surface area contributed by atoms with Crippen LogP contribution in [0.15, 0.2) is 24.3 Å². The van der Waals surface area contributed by atoms with E-state index in [9.17, 15) is 9.59 Å². The Morgan fingerprint density at radius 3 is 2.62 bits per heavy atom. The topological polar surface area (TPSA) is 66.8 Å². The van der Waals surface area contributed by atoms with Crippen molar-refractivity contribution in [1.82, 2.24) is 4.90 Å². The van der Waals surface area contributed by atoms with Crippen molar-refractivity contribution in [3.8, 4) is 0 Å². The molecule has 5 heteroatoms.